The standard InChI is InChI=1S/C18H23NO2/c1-2-11-19-13-15-7-6-10-17(12-15)21-14-18(20)16-8-4-3-5-9-16/h3-10,12,18-20H,2,11,13-14H2,1H3. The van der Waals surface area contributed by atoms with Gasteiger partial charge in [-0.3, -0.25) is 0 Å². The summed E-state index contributed by atoms with van der Waals surface area (Å²) < 4.78 is 5.69. The van der Waals surface area contributed by atoms with Crippen LogP contribution in [0.25, 0.3) is 0 Å². The summed E-state index contributed by atoms with van der Waals surface area (Å²) in [6.45, 7) is 4.26. The smallest absolute Gasteiger partial charge is 0.119 e. The summed E-state index contributed by atoms with van der Waals surface area (Å²) in [5, 5.41) is 13.5. The molecule has 2 rings (SSSR count). The summed E-state index contributed by atoms with van der Waals surface area (Å²) in [5.41, 5.74) is 2.06. The van der Waals surface area contributed by atoms with Crippen molar-refractivity contribution in [1.29, 1.82) is 0 Å². The van der Waals surface area contributed by atoms with Gasteiger partial charge in [0, 0.05) is 6.54 Å². The minimum atomic E-state index is -0.604. The average molecular weight is 285 g/mol. The van der Waals surface area contributed by atoms with Crippen LogP contribution in [0.15, 0.2) is 54.6 Å². The molecule has 2 aromatic carbocycles. The predicted octanol–water partition coefficient (Wildman–Crippen LogP) is 3.30. The molecule has 0 heterocycles. The summed E-state index contributed by atoms with van der Waals surface area (Å²) in [4.78, 5) is 0. The van der Waals surface area contributed by atoms with Gasteiger partial charge in [-0.2, -0.15) is 0 Å². The van der Waals surface area contributed by atoms with Crippen molar-refractivity contribution in [3.63, 3.8) is 0 Å². The first-order chi connectivity index (χ1) is 10.3. The van der Waals surface area contributed by atoms with Crippen LogP contribution in [0.5, 0.6) is 5.75 Å². The fourth-order valence-corrected chi connectivity index (χ4v) is 2.10. The van der Waals surface area contributed by atoms with E-state index in [0.717, 1.165) is 30.8 Å². The van der Waals surface area contributed by atoms with E-state index >= 15 is 0 Å². The second-order valence-corrected chi connectivity index (χ2v) is 5.06. The minimum Gasteiger partial charge on any atom is -0.491 e. The van der Waals surface area contributed by atoms with Crippen LogP contribution in [0.3, 0.4) is 0 Å². The van der Waals surface area contributed by atoms with Crippen LogP contribution in [-0.2, 0) is 6.54 Å². The van der Waals surface area contributed by atoms with E-state index in [4.69, 9.17) is 4.74 Å². The zero-order chi connectivity index (χ0) is 14.9. The monoisotopic (exact) mass is 285 g/mol. The SMILES string of the molecule is CCCNCc1cccc(OCC(O)c2ccccc2)c1. The van der Waals surface area contributed by atoms with Crippen molar-refractivity contribution in [2.45, 2.75) is 26.0 Å². The van der Waals surface area contributed by atoms with Gasteiger partial charge in [0.15, 0.2) is 0 Å². The zero-order valence-electron chi connectivity index (χ0n) is 12.5. The lowest BCUT2D eigenvalue weighted by atomic mass is 10.1. The van der Waals surface area contributed by atoms with Gasteiger partial charge in [0.25, 0.3) is 0 Å². The number of benzene rings is 2. The molecule has 0 aromatic heterocycles. The largest absolute Gasteiger partial charge is 0.491 e. The Balaban J connectivity index is 1.86. The molecule has 0 fully saturated rings. The third-order valence-electron chi connectivity index (χ3n) is 3.25. The van der Waals surface area contributed by atoms with Gasteiger partial charge in [-0.15, -0.1) is 0 Å². The van der Waals surface area contributed by atoms with Crippen molar-refractivity contribution in [2.24, 2.45) is 0 Å². The Hall–Kier alpha value is -1.84. The molecular formula is C18H23NO2. The number of hydrogen-bond acceptors (Lipinski definition) is 3. The molecular weight excluding hydrogens is 262 g/mol. The number of rotatable bonds is 8. The third-order valence-corrected chi connectivity index (χ3v) is 3.25. The van der Waals surface area contributed by atoms with E-state index in [1.54, 1.807) is 0 Å². The van der Waals surface area contributed by atoms with Gasteiger partial charge >= 0.3 is 0 Å². The molecule has 3 nitrogen and oxygen atoms in total. The fourth-order valence-electron chi connectivity index (χ4n) is 2.10. The lowest BCUT2D eigenvalue weighted by molar-refractivity contribution is 0.108. The third kappa shape index (κ3) is 5.21. The first-order valence-electron chi connectivity index (χ1n) is 7.45. The van der Waals surface area contributed by atoms with Gasteiger partial charge in [-0.25, -0.2) is 0 Å². The predicted molar refractivity (Wildman–Crippen MR) is 85.3 cm³/mol. The second-order valence-electron chi connectivity index (χ2n) is 5.06. The molecule has 0 bridgehead atoms. The number of nitrogens with one attached hydrogen (secondary N) is 1. The van der Waals surface area contributed by atoms with Gasteiger partial charge in [0.1, 0.15) is 18.5 Å². The Kier molecular flexibility index (Phi) is 6.25. The van der Waals surface area contributed by atoms with Gasteiger partial charge < -0.3 is 15.2 Å². The topological polar surface area (TPSA) is 41.5 Å². The van der Waals surface area contributed by atoms with E-state index < -0.39 is 6.10 Å². The summed E-state index contributed by atoms with van der Waals surface area (Å²) >= 11 is 0. The highest BCUT2D eigenvalue weighted by Crippen LogP contribution is 2.17. The molecule has 1 unspecified atom stereocenters. The van der Waals surface area contributed by atoms with E-state index in [0.29, 0.717) is 0 Å². The molecule has 0 aliphatic rings. The van der Waals surface area contributed by atoms with Crippen molar-refractivity contribution >= 4 is 0 Å². The average Bonchev–Trinajstić information content (AvgIpc) is 2.54. The number of ether oxygens (including phenoxy) is 1. The fraction of sp³-hybridized carbons (Fsp3) is 0.333. The molecule has 0 radical (unpaired) electrons. The van der Waals surface area contributed by atoms with Crippen LogP contribution in [0.2, 0.25) is 0 Å². The maximum Gasteiger partial charge on any atom is 0.119 e. The summed E-state index contributed by atoms with van der Waals surface area (Å²) in [6.07, 6.45) is 0.521. The Morgan fingerprint density at radius 2 is 1.90 bits per heavy atom. The molecule has 21 heavy (non-hydrogen) atoms. The Bertz CT molecular complexity index is 528. The van der Waals surface area contributed by atoms with Gasteiger partial charge in [-0.1, -0.05) is 49.4 Å². The van der Waals surface area contributed by atoms with Crippen molar-refractivity contribution < 1.29 is 9.84 Å². The maximum absolute atomic E-state index is 10.1. The van der Waals surface area contributed by atoms with Crippen LogP contribution in [0.4, 0.5) is 0 Å². The molecule has 0 aliphatic carbocycles. The molecule has 112 valence electrons. The molecule has 2 aromatic rings. The Morgan fingerprint density at radius 3 is 2.67 bits per heavy atom. The zero-order valence-corrected chi connectivity index (χ0v) is 12.5. The van der Waals surface area contributed by atoms with Gasteiger partial charge in [0.05, 0.1) is 0 Å². The second kappa shape index (κ2) is 8.45. The molecule has 3 heteroatoms. The van der Waals surface area contributed by atoms with Crippen LogP contribution in [-0.4, -0.2) is 18.3 Å². The maximum atomic E-state index is 10.1. The summed E-state index contributed by atoms with van der Waals surface area (Å²) in [7, 11) is 0. The molecule has 0 spiro atoms. The molecule has 0 aliphatic heterocycles. The van der Waals surface area contributed by atoms with Crippen LogP contribution < -0.4 is 10.1 Å². The van der Waals surface area contributed by atoms with Crippen LogP contribution >= 0.6 is 0 Å². The first kappa shape index (κ1) is 15.5. The quantitative estimate of drug-likeness (QED) is 0.731. The molecule has 1 atom stereocenters. The molecule has 2 N–H and O–H groups in total. The number of aliphatic hydroxyl groups excluding tert-OH is 1. The molecule has 0 saturated carbocycles. The highest BCUT2D eigenvalue weighted by molar-refractivity contribution is 5.28. The lowest BCUT2D eigenvalue weighted by Gasteiger charge is -2.13. The number of hydrogen-bond donors (Lipinski definition) is 2. The van der Waals surface area contributed by atoms with Gasteiger partial charge in [0.2, 0.25) is 0 Å². The van der Waals surface area contributed by atoms with Crippen molar-refractivity contribution in [2.75, 3.05) is 13.2 Å². The first-order valence-corrected chi connectivity index (χ1v) is 7.45. The lowest BCUT2D eigenvalue weighted by Crippen LogP contribution is -2.14. The normalized spacial score (nSPS) is 12.1. The number of aliphatic hydroxyl groups is 1. The highest BCUT2D eigenvalue weighted by atomic mass is 16.5. The van der Waals surface area contributed by atoms with Crippen LogP contribution in [0, 0.1) is 0 Å². The van der Waals surface area contributed by atoms with E-state index in [-0.39, 0.29) is 6.61 Å². The van der Waals surface area contributed by atoms with Crippen LogP contribution in [0.1, 0.15) is 30.6 Å². The van der Waals surface area contributed by atoms with E-state index in [2.05, 4.69) is 18.3 Å². The van der Waals surface area contributed by atoms with Crippen molar-refractivity contribution in [1.82, 2.24) is 5.32 Å². The van der Waals surface area contributed by atoms with E-state index in [1.165, 1.54) is 5.56 Å². The summed E-state index contributed by atoms with van der Waals surface area (Å²) in [5.74, 6) is 0.792. The summed E-state index contributed by atoms with van der Waals surface area (Å²) in [6, 6.07) is 17.6. The molecule has 0 amide bonds. The van der Waals surface area contributed by atoms with Crippen molar-refractivity contribution in [3.05, 3.63) is 65.7 Å². The van der Waals surface area contributed by atoms with E-state index in [9.17, 15) is 5.11 Å². The highest BCUT2D eigenvalue weighted by Gasteiger charge is 2.07. The van der Waals surface area contributed by atoms with E-state index in [1.807, 2.05) is 48.5 Å². The Labute approximate surface area is 126 Å². The van der Waals surface area contributed by atoms with Crippen molar-refractivity contribution in [3.8, 4) is 5.75 Å². The minimum absolute atomic E-state index is 0.260. The molecule has 0 saturated heterocycles. The Morgan fingerprint density at radius 1 is 1.10 bits per heavy atom. The van der Waals surface area contributed by atoms with Gasteiger partial charge in [-0.05, 0) is 36.2 Å².